The van der Waals surface area contributed by atoms with E-state index >= 15 is 0 Å². The van der Waals surface area contributed by atoms with Crippen LogP contribution in [0.3, 0.4) is 0 Å². The first kappa shape index (κ1) is 11.9. The fourth-order valence-corrected chi connectivity index (χ4v) is 1.39. The largest absolute Gasteiger partial charge is 0.495 e. The van der Waals surface area contributed by atoms with Crippen LogP contribution in [-0.4, -0.2) is 13.7 Å². The molecule has 0 bridgehead atoms. The van der Waals surface area contributed by atoms with Crippen molar-refractivity contribution in [2.45, 2.75) is 13.3 Å². The minimum Gasteiger partial charge on any atom is -0.495 e. The maximum atomic E-state index is 5.99. The Balaban J connectivity index is 2.63. The van der Waals surface area contributed by atoms with Crippen LogP contribution >= 0.6 is 11.6 Å². The van der Waals surface area contributed by atoms with Gasteiger partial charge in [-0.2, -0.15) is 0 Å². The molecule has 0 radical (unpaired) electrons. The molecule has 0 amide bonds. The third-order valence-electron chi connectivity index (χ3n) is 2.19. The lowest BCUT2D eigenvalue weighted by molar-refractivity contribution is 0.415. The van der Waals surface area contributed by atoms with Crippen LogP contribution in [0.15, 0.2) is 30.4 Å². The van der Waals surface area contributed by atoms with E-state index in [-0.39, 0.29) is 0 Å². The molecular weight excluding hydrogens is 210 g/mol. The Morgan fingerprint density at radius 3 is 2.80 bits per heavy atom. The molecule has 0 unspecified atom stereocenters. The van der Waals surface area contributed by atoms with Gasteiger partial charge in [0.2, 0.25) is 0 Å². The maximum absolute atomic E-state index is 5.99. The van der Waals surface area contributed by atoms with Gasteiger partial charge >= 0.3 is 0 Å². The summed E-state index contributed by atoms with van der Waals surface area (Å²) in [6, 6.07) is 5.64. The standard InChI is InChI=1S/C12H16ClNO/c1-4-9(2)8-14-10-5-6-12(15-3)11(13)7-10/h5-7,14H,2,4,8H2,1,3H3. The zero-order valence-corrected chi connectivity index (χ0v) is 9.90. The molecule has 3 heteroatoms. The predicted molar refractivity (Wildman–Crippen MR) is 65.9 cm³/mol. The summed E-state index contributed by atoms with van der Waals surface area (Å²) in [5, 5.41) is 3.86. The maximum Gasteiger partial charge on any atom is 0.137 e. The van der Waals surface area contributed by atoms with Crippen LogP contribution in [0.2, 0.25) is 5.02 Å². The van der Waals surface area contributed by atoms with Crippen molar-refractivity contribution in [1.82, 2.24) is 0 Å². The Labute approximate surface area is 95.9 Å². The van der Waals surface area contributed by atoms with E-state index in [4.69, 9.17) is 16.3 Å². The van der Waals surface area contributed by atoms with Crippen molar-refractivity contribution in [1.29, 1.82) is 0 Å². The highest BCUT2D eigenvalue weighted by Gasteiger charge is 2.01. The molecule has 2 nitrogen and oxygen atoms in total. The van der Waals surface area contributed by atoms with Crippen LogP contribution in [0.1, 0.15) is 13.3 Å². The smallest absolute Gasteiger partial charge is 0.137 e. The van der Waals surface area contributed by atoms with E-state index < -0.39 is 0 Å². The zero-order valence-electron chi connectivity index (χ0n) is 9.14. The first-order valence-corrected chi connectivity index (χ1v) is 5.29. The predicted octanol–water partition coefficient (Wildman–Crippen LogP) is 3.73. The van der Waals surface area contributed by atoms with Crippen LogP contribution in [0, 0.1) is 0 Å². The van der Waals surface area contributed by atoms with Gasteiger partial charge in [-0.25, -0.2) is 0 Å². The highest BCUT2D eigenvalue weighted by Crippen LogP contribution is 2.27. The zero-order chi connectivity index (χ0) is 11.3. The number of halogens is 1. The lowest BCUT2D eigenvalue weighted by Crippen LogP contribution is -2.03. The molecule has 0 aliphatic heterocycles. The van der Waals surface area contributed by atoms with Gasteiger partial charge in [0, 0.05) is 12.2 Å². The number of anilines is 1. The van der Waals surface area contributed by atoms with Crippen LogP contribution in [0.5, 0.6) is 5.75 Å². The molecule has 0 aliphatic rings. The fraction of sp³-hybridized carbons (Fsp3) is 0.333. The molecule has 1 rings (SSSR count). The molecule has 82 valence electrons. The van der Waals surface area contributed by atoms with E-state index in [1.165, 1.54) is 5.57 Å². The normalized spacial score (nSPS) is 9.80. The summed E-state index contributed by atoms with van der Waals surface area (Å²) >= 11 is 5.99. The Kier molecular flexibility index (Phi) is 4.50. The first-order chi connectivity index (χ1) is 7.17. The van der Waals surface area contributed by atoms with Crippen LogP contribution in [0.25, 0.3) is 0 Å². The van der Waals surface area contributed by atoms with E-state index in [1.54, 1.807) is 7.11 Å². The van der Waals surface area contributed by atoms with Gasteiger partial charge in [-0.05, 0) is 24.6 Å². The summed E-state index contributed by atoms with van der Waals surface area (Å²) in [5.74, 6) is 0.691. The number of rotatable bonds is 5. The Morgan fingerprint density at radius 1 is 1.53 bits per heavy atom. The second-order valence-corrected chi connectivity index (χ2v) is 3.71. The topological polar surface area (TPSA) is 21.3 Å². The highest BCUT2D eigenvalue weighted by molar-refractivity contribution is 6.32. The quantitative estimate of drug-likeness (QED) is 0.772. The molecule has 0 heterocycles. The molecule has 0 fully saturated rings. The van der Waals surface area contributed by atoms with Gasteiger partial charge < -0.3 is 10.1 Å². The molecule has 0 saturated heterocycles. The van der Waals surface area contributed by atoms with Crippen molar-refractivity contribution < 1.29 is 4.74 Å². The second-order valence-electron chi connectivity index (χ2n) is 3.31. The number of nitrogens with one attached hydrogen (secondary N) is 1. The molecular formula is C12H16ClNO. The van der Waals surface area contributed by atoms with E-state index in [0.717, 1.165) is 18.7 Å². The van der Waals surface area contributed by atoms with Gasteiger partial charge in [-0.15, -0.1) is 0 Å². The molecule has 0 atom stereocenters. The van der Waals surface area contributed by atoms with Crippen molar-refractivity contribution in [2.75, 3.05) is 19.0 Å². The average molecular weight is 226 g/mol. The summed E-state index contributed by atoms with van der Waals surface area (Å²) in [7, 11) is 1.60. The summed E-state index contributed by atoms with van der Waals surface area (Å²) in [6.07, 6.45) is 0.983. The number of benzene rings is 1. The monoisotopic (exact) mass is 225 g/mol. The Hall–Kier alpha value is -1.15. The average Bonchev–Trinajstić information content (AvgIpc) is 2.26. The number of ether oxygens (including phenoxy) is 1. The lowest BCUT2D eigenvalue weighted by Gasteiger charge is -2.09. The number of methoxy groups -OCH3 is 1. The molecule has 1 aromatic carbocycles. The number of hydrogen-bond donors (Lipinski definition) is 1. The molecule has 0 spiro atoms. The van der Waals surface area contributed by atoms with Gasteiger partial charge in [0.1, 0.15) is 5.75 Å². The van der Waals surface area contributed by atoms with Gasteiger partial charge in [0.05, 0.1) is 12.1 Å². The van der Waals surface area contributed by atoms with Crippen LogP contribution < -0.4 is 10.1 Å². The van der Waals surface area contributed by atoms with Crippen LogP contribution in [-0.2, 0) is 0 Å². The molecule has 1 N–H and O–H groups in total. The fourth-order valence-electron chi connectivity index (χ4n) is 1.13. The molecule has 0 saturated carbocycles. The minimum atomic E-state index is 0.615. The summed E-state index contributed by atoms with van der Waals surface area (Å²) in [6.45, 7) is 6.79. The van der Waals surface area contributed by atoms with Gasteiger partial charge in [0.25, 0.3) is 0 Å². The van der Waals surface area contributed by atoms with Crippen molar-refractivity contribution in [3.8, 4) is 5.75 Å². The Bertz CT molecular complexity index is 349. The summed E-state index contributed by atoms with van der Waals surface area (Å²) in [5.41, 5.74) is 2.15. The van der Waals surface area contributed by atoms with Crippen molar-refractivity contribution in [3.05, 3.63) is 35.4 Å². The van der Waals surface area contributed by atoms with E-state index in [9.17, 15) is 0 Å². The molecule has 0 aliphatic carbocycles. The van der Waals surface area contributed by atoms with Crippen LogP contribution in [0.4, 0.5) is 5.69 Å². The Morgan fingerprint density at radius 2 is 2.27 bits per heavy atom. The van der Waals surface area contributed by atoms with Gasteiger partial charge in [-0.1, -0.05) is 30.7 Å². The third-order valence-corrected chi connectivity index (χ3v) is 2.49. The van der Waals surface area contributed by atoms with E-state index in [1.807, 2.05) is 18.2 Å². The van der Waals surface area contributed by atoms with Gasteiger partial charge in [-0.3, -0.25) is 0 Å². The summed E-state index contributed by atoms with van der Waals surface area (Å²) in [4.78, 5) is 0. The van der Waals surface area contributed by atoms with Crippen molar-refractivity contribution >= 4 is 17.3 Å². The molecule has 0 aromatic heterocycles. The molecule has 1 aromatic rings. The minimum absolute atomic E-state index is 0.615. The third kappa shape index (κ3) is 3.48. The second kappa shape index (κ2) is 5.66. The van der Waals surface area contributed by atoms with Gasteiger partial charge in [0.15, 0.2) is 0 Å². The number of hydrogen-bond acceptors (Lipinski definition) is 2. The first-order valence-electron chi connectivity index (χ1n) is 4.91. The van der Waals surface area contributed by atoms with Crippen molar-refractivity contribution in [2.24, 2.45) is 0 Å². The molecule has 15 heavy (non-hydrogen) atoms. The highest BCUT2D eigenvalue weighted by atomic mass is 35.5. The SMILES string of the molecule is C=C(CC)CNc1ccc(OC)c(Cl)c1. The van der Waals surface area contributed by atoms with Crippen molar-refractivity contribution in [3.63, 3.8) is 0 Å². The lowest BCUT2D eigenvalue weighted by atomic mass is 10.2. The van der Waals surface area contributed by atoms with E-state index in [2.05, 4.69) is 18.8 Å². The van der Waals surface area contributed by atoms with E-state index in [0.29, 0.717) is 10.8 Å². The summed E-state index contributed by atoms with van der Waals surface area (Å²) < 4.78 is 5.07.